The first-order valence-corrected chi connectivity index (χ1v) is 9.83. The zero-order chi connectivity index (χ0) is 19.8. The van der Waals surface area contributed by atoms with E-state index in [4.69, 9.17) is 14.2 Å². The van der Waals surface area contributed by atoms with Gasteiger partial charge in [0, 0.05) is 19.3 Å². The van der Waals surface area contributed by atoms with E-state index in [9.17, 15) is 14.4 Å². The first kappa shape index (κ1) is 24.4. The topological polar surface area (TPSA) is 78.9 Å². The highest BCUT2D eigenvalue weighted by Crippen LogP contribution is 2.20. The maximum absolute atomic E-state index is 11.8. The van der Waals surface area contributed by atoms with Crippen LogP contribution in [0.5, 0.6) is 0 Å². The Kier molecular flexibility index (Phi) is 13.7. The van der Waals surface area contributed by atoms with Gasteiger partial charge in [0.15, 0.2) is 0 Å². The van der Waals surface area contributed by atoms with Gasteiger partial charge in [-0.2, -0.15) is 0 Å². The normalized spacial score (nSPS) is 11.1. The molecule has 6 heteroatoms. The summed E-state index contributed by atoms with van der Waals surface area (Å²) in [5, 5.41) is 0. The summed E-state index contributed by atoms with van der Waals surface area (Å²) in [6.45, 7) is 7.96. The number of hydrogen-bond donors (Lipinski definition) is 0. The number of carbonyl (C=O) groups excluding carboxylic acids is 3. The Balaban J connectivity index is 4.60. The van der Waals surface area contributed by atoms with Crippen molar-refractivity contribution < 1.29 is 28.6 Å². The molecule has 0 radical (unpaired) electrons. The number of hydrogen-bond acceptors (Lipinski definition) is 6. The molecular weight excluding hydrogens is 336 g/mol. The monoisotopic (exact) mass is 372 g/mol. The molecule has 0 fully saturated rings. The molecular formula is C20H36O6. The van der Waals surface area contributed by atoms with Crippen LogP contribution in [0.3, 0.4) is 0 Å². The van der Waals surface area contributed by atoms with E-state index in [0.29, 0.717) is 19.3 Å². The summed E-state index contributed by atoms with van der Waals surface area (Å²) in [6, 6.07) is 0. The van der Waals surface area contributed by atoms with Crippen molar-refractivity contribution in [3.05, 3.63) is 0 Å². The molecule has 26 heavy (non-hydrogen) atoms. The van der Waals surface area contributed by atoms with Crippen molar-refractivity contribution in [1.29, 1.82) is 0 Å². The first-order chi connectivity index (χ1) is 12.4. The SMILES string of the molecule is CCCCC(=O)OCC(C)(COC(=O)CCCC)COC(=O)CCCC. The van der Waals surface area contributed by atoms with Gasteiger partial charge in [0.1, 0.15) is 19.8 Å². The van der Waals surface area contributed by atoms with Gasteiger partial charge in [-0.05, 0) is 26.2 Å². The van der Waals surface area contributed by atoms with Gasteiger partial charge >= 0.3 is 17.9 Å². The van der Waals surface area contributed by atoms with Gasteiger partial charge in [0.2, 0.25) is 0 Å². The van der Waals surface area contributed by atoms with Crippen molar-refractivity contribution in [3.8, 4) is 0 Å². The fraction of sp³-hybridized carbons (Fsp3) is 0.850. The molecule has 0 aromatic carbocycles. The predicted octanol–water partition coefficient (Wildman–Crippen LogP) is 4.19. The smallest absolute Gasteiger partial charge is 0.305 e. The van der Waals surface area contributed by atoms with Crippen molar-refractivity contribution in [2.75, 3.05) is 19.8 Å². The summed E-state index contributed by atoms with van der Waals surface area (Å²) in [4.78, 5) is 35.3. The van der Waals surface area contributed by atoms with Gasteiger partial charge in [-0.25, -0.2) is 0 Å². The second-order valence-corrected chi connectivity index (χ2v) is 7.10. The van der Waals surface area contributed by atoms with E-state index in [-0.39, 0.29) is 37.7 Å². The lowest BCUT2D eigenvalue weighted by Gasteiger charge is -2.28. The van der Waals surface area contributed by atoms with E-state index in [0.717, 1.165) is 38.5 Å². The Morgan fingerprint density at radius 1 is 0.615 bits per heavy atom. The highest BCUT2D eigenvalue weighted by Gasteiger charge is 2.30. The van der Waals surface area contributed by atoms with Gasteiger partial charge in [0.05, 0.1) is 5.41 Å². The Morgan fingerprint density at radius 2 is 0.885 bits per heavy atom. The minimum atomic E-state index is -0.744. The molecule has 0 bridgehead atoms. The molecule has 0 aliphatic heterocycles. The van der Waals surface area contributed by atoms with Gasteiger partial charge in [-0.15, -0.1) is 0 Å². The molecule has 0 unspecified atom stereocenters. The second kappa shape index (κ2) is 14.6. The standard InChI is InChI=1S/C20H36O6/c1-5-8-11-17(21)24-14-20(4,15-25-18(22)12-9-6-2)16-26-19(23)13-10-7-3/h5-16H2,1-4H3. The van der Waals surface area contributed by atoms with Crippen LogP contribution in [0.4, 0.5) is 0 Å². The first-order valence-electron chi connectivity index (χ1n) is 9.83. The van der Waals surface area contributed by atoms with Crippen molar-refractivity contribution >= 4 is 17.9 Å². The molecule has 0 heterocycles. The van der Waals surface area contributed by atoms with Gasteiger partial charge < -0.3 is 14.2 Å². The molecule has 0 amide bonds. The average molecular weight is 373 g/mol. The van der Waals surface area contributed by atoms with Crippen molar-refractivity contribution in [2.45, 2.75) is 85.5 Å². The highest BCUT2D eigenvalue weighted by molar-refractivity contribution is 5.70. The van der Waals surface area contributed by atoms with E-state index in [1.165, 1.54) is 0 Å². The number of unbranched alkanes of at least 4 members (excludes halogenated alkanes) is 3. The van der Waals surface area contributed by atoms with Gasteiger partial charge in [-0.1, -0.05) is 40.0 Å². The van der Waals surface area contributed by atoms with Crippen LogP contribution >= 0.6 is 0 Å². The Bertz CT molecular complexity index is 359. The Morgan fingerprint density at radius 3 is 1.12 bits per heavy atom. The summed E-state index contributed by atoms with van der Waals surface area (Å²) in [7, 11) is 0. The summed E-state index contributed by atoms with van der Waals surface area (Å²) >= 11 is 0. The fourth-order valence-corrected chi connectivity index (χ4v) is 2.07. The number of rotatable bonds is 15. The van der Waals surface area contributed by atoms with E-state index >= 15 is 0 Å². The molecule has 6 nitrogen and oxygen atoms in total. The van der Waals surface area contributed by atoms with Crippen LogP contribution in [0.1, 0.15) is 85.5 Å². The summed E-state index contributed by atoms with van der Waals surface area (Å²) < 4.78 is 15.9. The van der Waals surface area contributed by atoms with Gasteiger partial charge in [-0.3, -0.25) is 14.4 Å². The van der Waals surface area contributed by atoms with Crippen molar-refractivity contribution in [3.63, 3.8) is 0 Å². The lowest BCUT2D eigenvalue weighted by molar-refractivity contribution is -0.160. The largest absolute Gasteiger partial charge is 0.465 e. The van der Waals surface area contributed by atoms with Crippen LogP contribution in [-0.4, -0.2) is 37.7 Å². The van der Waals surface area contributed by atoms with E-state index < -0.39 is 5.41 Å². The molecule has 0 saturated heterocycles. The van der Waals surface area contributed by atoms with Crippen LogP contribution in [-0.2, 0) is 28.6 Å². The molecule has 0 N–H and O–H groups in total. The third-order valence-corrected chi connectivity index (χ3v) is 3.95. The van der Waals surface area contributed by atoms with Crippen LogP contribution in [0.15, 0.2) is 0 Å². The molecule has 0 spiro atoms. The predicted molar refractivity (Wildman–Crippen MR) is 99.6 cm³/mol. The number of esters is 3. The fourth-order valence-electron chi connectivity index (χ4n) is 2.07. The second-order valence-electron chi connectivity index (χ2n) is 7.10. The quantitative estimate of drug-likeness (QED) is 0.317. The molecule has 0 rings (SSSR count). The maximum Gasteiger partial charge on any atom is 0.305 e. The minimum Gasteiger partial charge on any atom is -0.465 e. The van der Waals surface area contributed by atoms with Crippen LogP contribution in [0.2, 0.25) is 0 Å². The minimum absolute atomic E-state index is 0.0532. The summed E-state index contributed by atoms with van der Waals surface area (Å²) in [5.41, 5.74) is -0.744. The lowest BCUT2D eigenvalue weighted by atomic mass is 9.94. The molecule has 0 saturated carbocycles. The zero-order valence-corrected chi connectivity index (χ0v) is 16.9. The third kappa shape index (κ3) is 12.7. The van der Waals surface area contributed by atoms with Crippen LogP contribution in [0.25, 0.3) is 0 Å². The van der Waals surface area contributed by atoms with Crippen LogP contribution in [0, 0.1) is 5.41 Å². The molecule has 0 aliphatic rings. The van der Waals surface area contributed by atoms with E-state index in [1.807, 2.05) is 20.8 Å². The van der Waals surface area contributed by atoms with Gasteiger partial charge in [0.25, 0.3) is 0 Å². The Hall–Kier alpha value is -1.59. The molecule has 0 aliphatic carbocycles. The van der Waals surface area contributed by atoms with Crippen LogP contribution < -0.4 is 0 Å². The molecule has 0 aromatic rings. The lowest BCUT2D eigenvalue weighted by Crippen LogP contribution is -2.36. The van der Waals surface area contributed by atoms with E-state index in [1.54, 1.807) is 6.92 Å². The van der Waals surface area contributed by atoms with Crippen molar-refractivity contribution in [1.82, 2.24) is 0 Å². The molecule has 0 aromatic heterocycles. The average Bonchev–Trinajstić information content (AvgIpc) is 2.64. The summed E-state index contributed by atoms with van der Waals surface area (Å²) in [5.74, 6) is -0.854. The number of carbonyl (C=O) groups is 3. The highest BCUT2D eigenvalue weighted by atomic mass is 16.6. The summed E-state index contributed by atoms with van der Waals surface area (Å²) in [6.07, 6.45) is 6.13. The Labute approximate surface area is 157 Å². The molecule has 0 atom stereocenters. The van der Waals surface area contributed by atoms with Crippen molar-refractivity contribution in [2.24, 2.45) is 5.41 Å². The third-order valence-electron chi connectivity index (χ3n) is 3.95. The number of ether oxygens (including phenoxy) is 3. The zero-order valence-electron chi connectivity index (χ0n) is 16.9. The maximum atomic E-state index is 11.8. The molecule has 152 valence electrons. The van der Waals surface area contributed by atoms with E-state index in [2.05, 4.69) is 0 Å².